The highest BCUT2D eigenvalue weighted by atomic mass is 32.2. The number of H-pyrrole nitrogens is 1. The van der Waals surface area contributed by atoms with Crippen molar-refractivity contribution in [2.24, 2.45) is 11.7 Å². The molecule has 0 aliphatic carbocycles. The minimum Gasteiger partial charge on any atom is -0.480 e. The number of carbonyl (C=O) groups is 7. The van der Waals surface area contributed by atoms with E-state index in [4.69, 9.17) is 5.73 Å². The van der Waals surface area contributed by atoms with Gasteiger partial charge in [-0.15, -0.1) is 0 Å². The van der Waals surface area contributed by atoms with Crippen LogP contribution in [0, 0.1) is 5.92 Å². The van der Waals surface area contributed by atoms with Crippen molar-refractivity contribution >= 4 is 53.2 Å². The molecule has 19 heteroatoms. The summed E-state index contributed by atoms with van der Waals surface area (Å²) < 4.78 is 0. The molecule has 2 fully saturated rings. The lowest BCUT2D eigenvalue weighted by Crippen LogP contribution is -2.60. The number of aromatic amines is 1. The number of aliphatic hydroxyl groups is 1. The molecule has 2 saturated heterocycles. The largest absolute Gasteiger partial charge is 0.480 e. The molecular weight excluding hydrogens is 686 g/mol. The first-order valence-electron chi connectivity index (χ1n) is 17.1. The number of aromatic nitrogens is 2. The molecule has 0 unspecified atom stereocenters. The Morgan fingerprint density at radius 2 is 1.53 bits per heavy atom. The van der Waals surface area contributed by atoms with Gasteiger partial charge in [-0.25, -0.2) is 9.78 Å². The molecule has 284 valence electrons. The van der Waals surface area contributed by atoms with Crippen LogP contribution in [0.1, 0.15) is 58.6 Å². The Hall–Kier alpha value is -4.23. The van der Waals surface area contributed by atoms with E-state index in [1.807, 2.05) is 6.26 Å². The number of likely N-dealkylation sites (tertiary alicyclic amines) is 2. The Morgan fingerprint density at radius 3 is 2.06 bits per heavy atom. The average molecular weight is 738 g/mol. The van der Waals surface area contributed by atoms with E-state index in [1.165, 1.54) is 29.2 Å². The van der Waals surface area contributed by atoms with Crippen molar-refractivity contribution in [2.45, 2.75) is 102 Å². The third kappa shape index (κ3) is 11.1. The van der Waals surface area contributed by atoms with Crippen molar-refractivity contribution in [1.29, 1.82) is 0 Å². The predicted molar refractivity (Wildman–Crippen MR) is 186 cm³/mol. The summed E-state index contributed by atoms with van der Waals surface area (Å²) in [5.41, 5.74) is 6.54. The number of carbonyl (C=O) groups excluding carboxylic acids is 6. The monoisotopic (exact) mass is 737 g/mol. The van der Waals surface area contributed by atoms with Crippen LogP contribution < -0.4 is 27.0 Å². The Bertz CT molecular complexity index is 1400. The first kappa shape index (κ1) is 41.2. The van der Waals surface area contributed by atoms with Crippen LogP contribution in [-0.4, -0.2) is 145 Å². The molecule has 0 radical (unpaired) electrons. The van der Waals surface area contributed by atoms with Crippen molar-refractivity contribution in [3.05, 3.63) is 18.2 Å². The van der Waals surface area contributed by atoms with Crippen molar-refractivity contribution in [2.75, 3.05) is 31.7 Å². The maximum Gasteiger partial charge on any atom is 0.328 e. The fraction of sp³-hybridized carbons (Fsp3) is 0.688. The van der Waals surface area contributed by atoms with Gasteiger partial charge in [-0.3, -0.25) is 28.8 Å². The fourth-order valence-electron chi connectivity index (χ4n) is 6.08. The van der Waals surface area contributed by atoms with Gasteiger partial charge in [0.1, 0.15) is 36.3 Å². The number of carboxylic acids is 1. The molecule has 0 bridgehead atoms. The van der Waals surface area contributed by atoms with E-state index >= 15 is 0 Å². The number of amides is 6. The second-order valence-electron chi connectivity index (χ2n) is 13.2. The number of thioether (sulfide) groups is 1. The van der Waals surface area contributed by atoms with Gasteiger partial charge in [0.05, 0.1) is 19.0 Å². The van der Waals surface area contributed by atoms with E-state index in [-0.39, 0.29) is 25.3 Å². The summed E-state index contributed by atoms with van der Waals surface area (Å²) in [5.74, 6) is -4.64. The molecule has 1 aromatic rings. The van der Waals surface area contributed by atoms with Crippen LogP contribution in [0.5, 0.6) is 0 Å². The molecule has 2 aliphatic rings. The first-order valence-corrected chi connectivity index (χ1v) is 18.5. The van der Waals surface area contributed by atoms with E-state index in [9.17, 15) is 43.8 Å². The zero-order valence-corrected chi connectivity index (χ0v) is 30.2. The molecular formula is C32H51N9O9S. The third-order valence-electron chi connectivity index (χ3n) is 9.02. The molecule has 7 atom stereocenters. The maximum absolute atomic E-state index is 13.9. The van der Waals surface area contributed by atoms with Gasteiger partial charge in [-0.05, 0) is 57.0 Å². The predicted octanol–water partition coefficient (Wildman–Crippen LogP) is -2.29. The highest BCUT2D eigenvalue weighted by Crippen LogP contribution is 2.22. The summed E-state index contributed by atoms with van der Waals surface area (Å²) >= 11 is 1.57. The number of aliphatic hydroxyl groups excluding tert-OH is 1. The standard InChI is InChI=1S/C32H51N9O9S/c1-17(2)25(39-26(43)18(3)36-28(45)23-7-5-10-40(23)30(47)20(33)9-12-51-4)31(48)41-11-6-8-24(41)29(46)37-21(13-19-14-34-16-35-19)27(44)38-22(15-42)32(49)50/h14,16-18,20-25,42H,5-13,15,33H2,1-4H3,(H,34,35)(H,36,45)(H,37,46)(H,38,44)(H,39,43)(H,49,50)/t18-,20-,21-,22-,23-,24-,25-/m0/s1. The van der Waals surface area contributed by atoms with Crippen LogP contribution in [0.15, 0.2) is 12.5 Å². The molecule has 51 heavy (non-hydrogen) atoms. The summed E-state index contributed by atoms with van der Waals surface area (Å²) in [4.78, 5) is 101. The van der Waals surface area contributed by atoms with Gasteiger partial charge in [0.2, 0.25) is 35.4 Å². The highest BCUT2D eigenvalue weighted by Gasteiger charge is 2.41. The number of hydrogen-bond acceptors (Lipinski definition) is 11. The van der Waals surface area contributed by atoms with Gasteiger partial charge in [0, 0.05) is 31.4 Å². The third-order valence-corrected chi connectivity index (χ3v) is 9.66. The van der Waals surface area contributed by atoms with Crippen LogP contribution in [0.2, 0.25) is 0 Å². The van der Waals surface area contributed by atoms with Crippen LogP contribution in [0.4, 0.5) is 0 Å². The topological polar surface area (TPSA) is 269 Å². The normalized spacial score (nSPS) is 20.2. The lowest BCUT2D eigenvalue weighted by atomic mass is 10.0. The molecule has 3 rings (SSSR count). The van der Waals surface area contributed by atoms with E-state index in [0.29, 0.717) is 43.7 Å². The maximum atomic E-state index is 13.9. The lowest BCUT2D eigenvalue weighted by molar-refractivity contribution is -0.144. The summed E-state index contributed by atoms with van der Waals surface area (Å²) in [5, 5.41) is 28.9. The van der Waals surface area contributed by atoms with Gasteiger partial charge in [-0.1, -0.05) is 13.8 Å². The SMILES string of the molecule is CSCC[C@H](N)C(=O)N1CCC[C@H]1C(=O)N[C@@H](C)C(=O)N[C@H](C(=O)N1CCC[C@H]1C(=O)N[C@@H](Cc1cnc[nH]1)C(=O)N[C@@H](CO)C(=O)O)C(C)C. The molecule has 0 spiro atoms. The van der Waals surface area contributed by atoms with Crippen LogP contribution in [0.3, 0.4) is 0 Å². The van der Waals surface area contributed by atoms with Crippen LogP contribution in [-0.2, 0) is 40.0 Å². The molecule has 9 N–H and O–H groups in total. The Labute approximate surface area is 300 Å². The molecule has 2 aliphatic heterocycles. The highest BCUT2D eigenvalue weighted by molar-refractivity contribution is 7.98. The number of hydrogen-bond donors (Lipinski definition) is 8. The van der Waals surface area contributed by atoms with Gasteiger partial charge in [-0.2, -0.15) is 11.8 Å². The average Bonchev–Trinajstić information content (AvgIpc) is 3.89. The van der Waals surface area contributed by atoms with E-state index in [1.54, 1.807) is 25.6 Å². The molecule has 18 nitrogen and oxygen atoms in total. The molecule has 6 amide bonds. The molecule has 1 aromatic heterocycles. The summed E-state index contributed by atoms with van der Waals surface area (Å²) in [6.07, 6.45) is 6.91. The van der Waals surface area contributed by atoms with Crippen molar-refractivity contribution in [3.63, 3.8) is 0 Å². The Kier molecular flexibility index (Phi) is 15.7. The van der Waals surface area contributed by atoms with Gasteiger partial charge in [0.25, 0.3) is 0 Å². The molecule has 0 saturated carbocycles. The summed E-state index contributed by atoms with van der Waals surface area (Å²) in [7, 11) is 0. The number of rotatable bonds is 18. The quantitative estimate of drug-likeness (QED) is 0.0791. The van der Waals surface area contributed by atoms with E-state index < -0.39 is 90.3 Å². The minimum absolute atomic E-state index is 0.0815. The smallest absolute Gasteiger partial charge is 0.328 e. The van der Waals surface area contributed by atoms with Gasteiger partial charge >= 0.3 is 5.97 Å². The Balaban J connectivity index is 1.66. The number of carboxylic acid groups (broad SMARTS) is 1. The minimum atomic E-state index is -1.60. The van der Waals surface area contributed by atoms with Crippen molar-refractivity contribution in [3.8, 4) is 0 Å². The zero-order chi connectivity index (χ0) is 37.8. The number of nitrogens with one attached hydrogen (secondary N) is 5. The lowest BCUT2D eigenvalue weighted by Gasteiger charge is -2.32. The van der Waals surface area contributed by atoms with Gasteiger partial charge in [0.15, 0.2) is 0 Å². The van der Waals surface area contributed by atoms with Gasteiger partial charge < -0.3 is 52.0 Å². The number of nitrogens with two attached hydrogens (primary N) is 1. The molecule has 3 heterocycles. The van der Waals surface area contributed by atoms with Crippen LogP contribution >= 0.6 is 11.8 Å². The Morgan fingerprint density at radius 1 is 0.922 bits per heavy atom. The van der Waals surface area contributed by atoms with E-state index in [2.05, 4.69) is 31.2 Å². The zero-order valence-electron chi connectivity index (χ0n) is 29.4. The number of aliphatic carboxylic acids is 1. The molecule has 0 aromatic carbocycles. The van der Waals surface area contributed by atoms with Crippen molar-refractivity contribution < 1.29 is 43.8 Å². The van der Waals surface area contributed by atoms with Crippen LogP contribution in [0.25, 0.3) is 0 Å². The number of nitrogens with zero attached hydrogens (tertiary/aromatic N) is 3. The summed E-state index contributed by atoms with van der Waals surface area (Å²) in [6, 6.07) is -7.47. The van der Waals surface area contributed by atoms with E-state index in [0.717, 1.165) is 0 Å². The first-order chi connectivity index (χ1) is 24.2. The summed E-state index contributed by atoms with van der Waals surface area (Å²) in [6.45, 7) is 4.65. The fourth-order valence-corrected chi connectivity index (χ4v) is 6.57. The van der Waals surface area contributed by atoms with Crippen molar-refractivity contribution in [1.82, 2.24) is 41.0 Å². The second kappa shape index (κ2) is 19.4. The number of imidazole rings is 1. The second-order valence-corrected chi connectivity index (χ2v) is 14.1.